The third kappa shape index (κ3) is 2.77. The van der Waals surface area contributed by atoms with E-state index in [-0.39, 0.29) is 0 Å². The zero-order chi connectivity index (χ0) is 16.4. The van der Waals surface area contributed by atoms with Crippen LogP contribution in [0.2, 0.25) is 0 Å². The van der Waals surface area contributed by atoms with Crippen molar-refractivity contribution in [1.82, 2.24) is 24.6 Å². The van der Waals surface area contributed by atoms with Gasteiger partial charge in [-0.1, -0.05) is 6.07 Å². The van der Waals surface area contributed by atoms with Gasteiger partial charge in [-0.05, 0) is 31.9 Å². The Bertz CT molecular complexity index is 833. The van der Waals surface area contributed by atoms with Gasteiger partial charge in [0, 0.05) is 31.3 Å². The van der Waals surface area contributed by atoms with Crippen LogP contribution >= 0.6 is 0 Å². The number of nitrogens with zero attached hydrogens (tertiary/aromatic N) is 6. The summed E-state index contributed by atoms with van der Waals surface area (Å²) in [6.45, 7) is 4.41. The number of hydrogen-bond acceptors (Lipinski definition) is 6. The first-order valence-corrected chi connectivity index (χ1v) is 8.34. The summed E-state index contributed by atoms with van der Waals surface area (Å²) >= 11 is 0. The van der Waals surface area contributed by atoms with Crippen LogP contribution in [-0.2, 0) is 0 Å². The molecule has 0 aromatic carbocycles. The molecule has 1 unspecified atom stereocenters. The van der Waals surface area contributed by atoms with E-state index in [1.54, 1.807) is 6.33 Å². The molecule has 0 spiro atoms. The van der Waals surface area contributed by atoms with Crippen LogP contribution in [0.5, 0.6) is 5.88 Å². The van der Waals surface area contributed by atoms with E-state index in [1.165, 1.54) is 0 Å². The van der Waals surface area contributed by atoms with E-state index >= 15 is 0 Å². The predicted octanol–water partition coefficient (Wildman–Crippen LogP) is 2.30. The number of hydrogen-bond donors (Lipinski definition) is 0. The largest absolute Gasteiger partial charge is 0.478 e. The Balaban J connectivity index is 1.58. The first-order chi connectivity index (χ1) is 11.8. The molecule has 24 heavy (non-hydrogen) atoms. The predicted molar refractivity (Wildman–Crippen MR) is 90.4 cm³/mol. The van der Waals surface area contributed by atoms with Gasteiger partial charge in [0.1, 0.15) is 18.0 Å². The molecule has 1 saturated heterocycles. The molecule has 7 nitrogen and oxygen atoms in total. The highest BCUT2D eigenvalue weighted by Crippen LogP contribution is 2.29. The van der Waals surface area contributed by atoms with Crippen molar-refractivity contribution in [2.45, 2.75) is 25.7 Å². The highest BCUT2D eigenvalue weighted by Gasteiger charge is 2.26. The summed E-state index contributed by atoms with van der Waals surface area (Å²) in [5, 5.41) is 8.70. The van der Waals surface area contributed by atoms with Crippen molar-refractivity contribution in [3.8, 4) is 5.88 Å². The van der Waals surface area contributed by atoms with Gasteiger partial charge in [-0.2, -0.15) is 0 Å². The number of anilines is 1. The van der Waals surface area contributed by atoms with Crippen molar-refractivity contribution < 1.29 is 4.74 Å². The lowest BCUT2D eigenvalue weighted by Gasteiger charge is -2.32. The molecule has 124 valence electrons. The van der Waals surface area contributed by atoms with Gasteiger partial charge in [-0.3, -0.25) is 4.40 Å². The van der Waals surface area contributed by atoms with E-state index in [0.717, 1.165) is 43.2 Å². The lowest BCUT2D eigenvalue weighted by Crippen LogP contribution is -2.35. The second-order valence-electron chi connectivity index (χ2n) is 5.92. The fourth-order valence-corrected chi connectivity index (χ4v) is 3.26. The molecule has 0 bridgehead atoms. The van der Waals surface area contributed by atoms with Gasteiger partial charge in [-0.25, -0.2) is 9.97 Å². The maximum atomic E-state index is 5.49. The highest BCUT2D eigenvalue weighted by atomic mass is 16.5. The summed E-state index contributed by atoms with van der Waals surface area (Å²) in [5.41, 5.74) is 0.894. The van der Waals surface area contributed by atoms with Crippen molar-refractivity contribution in [1.29, 1.82) is 0 Å². The molecular weight excluding hydrogens is 304 g/mol. The van der Waals surface area contributed by atoms with Crippen LogP contribution in [0.15, 0.2) is 36.8 Å². The Labute approximate surface area is 140 Å². The average Bonchev–Trinajstić information content (AvgIpc) is 3.07. The Hall–Kier alpha value is -2.70. The molecule has 1 fully saturated rings. The lowest BCUT2D eigenvalue weighted by molar-refractivity contribution is 0.326. The summed E-state index contributed by atoms with van der Waals surface area (Å²) in [4.78, 5) is 10.8. The maximum Gasteiger partial charge on any atom is 0.218 e. The van der Waals surface area contributed by atoms with Crippen molar-refractivity contribution in [3.05, 3.63) is 42.6 Å². The molecule has 1 atom stereocenters. The monoisotopic (exact) mass is 324 g/mol. The zero-order valence-corrected chi connectivity index (χ0v) is 13.7. The van der Waals surface area contributed by atoms with Crippen molar-refractivity contribution in [2.75, 3.05) is 24.6 Å². The van der Waals surface area contributed by atoms with Crippen LogP contribution in [0.4, 0.5) is 5.82 Å². The Kier molecular flexibility index (Phi) is 3.98. The Morgan fingerprint density at radius 3 is 3.12 bits per heavy atom. The van der Waals surface area contributed by atoms with E-state index in [1.807, 2.05) is 37.4 Å². The average molecular weight is 324 g/mol. The van der Waals surface area contributed by atoms with Gasteiger partial charge in [0.05, 0.1) is 6.61 Å². The number of fused-ring (bicyclic) bond motifs is 1. The van der Waals surface area contributed by atoms with Crippen molar-refractivity contribution in [3.63, 3.8) is 0 Å². The quantitative estimate of drug-likeness (QED) is 0.733. The third-order valence-electron chi connectivity index (χ3n) is 4.37. The van der Waals surface area contributed by atoms with Crippen LogP contribution in [0.1, 0.15) is 31.5 Å². The van der Waals surface area contributed by atoms with Crippen molar-refractivity contribution in [2.24, 2.45) is 0 Å². The van der Waals surface area contributed by atoms with Gasteiger partial charge in [0.2, 0.25) is 5.88 Å². The molecule has 3 aromatic rings. The van der Waals surface area contributed by atoms with Gasteiger partial charge in [-0.15, -0.1) is 10.2 Å². The fraction of sp³-hybridized carbons (Fsp3) is 0.412. The van der Waals surface area contributed by atoms with E-state index < -0.39 is 0 Å². The SMILES string of the molecule is CCOc1cc(N2CCCC(c3nnc4ccccn34)C2)ncn1. The van der Waals surface area contributed by atoms with E-state index in [9.17, 15) is 0 Å². The molecule has 0 amide bonds. The first-order valence-electron chi connectivity index (χ1n) is 8.34. The Morgan fingerprint density at radius 1 is 1.25 bits per heavy atom. The number of pyridine rings is 1. The van der Waals surface area contributed by atoms with Crippen LogP contribution in [0.25, 0.3) is 5.65 Å². The van der Waals surface area contributed by atoms with Gasteiger partial charge in [0.25, 0.3) is 0 Å². The molecule has 0 radical (unpaired) electrons. The summed E-state index contributed by atoms with van der Waals surface area (Å²) in [6.07, 6.45) is 5.80. The molecule has 3 aromatic heterocycles. The Morgan fingerprint density at radius 2 is 2.21 bits per heavy atom. The lowest BCUT2D eigenvalue weighted by atomic mass is 9.97. The van der Waals surface area contributed by atoms with Crippen LogP contribution in [0, 0.1) is 0 Å². The molecule has 1 aliphatic rings. The molecule has 4 rings (SSSR count). The molecule has 0 saturated carbocycles. The van der Waals surface area contributed by atoms with E-state index in [4.69, 9.17) is 4.74 Å². The smallest absolute Gasteiger partial charge is 0.218 e. The summed E-state index contributed by atoms with van der Waals surface area (Å²) in [5.74, 6) is 2.89. The van der Waals surface area contributed by atoms with E-state index in [0.29, 0.717) is 18.4 Å². The second kappa shape index (κ2) is 6.43. The van der Waals surface area contributed by atoms with Gasteiger partial charge < -0.3 is 9.64 Å². The molecule has 1 aliphatic heterocycles. The maximum absolute atomic E-state index is 5.49. The molecule has 7 heteroatoms. The van der Waals surface area contributed by atoms with Crippen LogP contribution < -0.4 is 9.64 Å². The second-order valence-corrected chi connectivity index (χ2v) is 5.92. The highest BCUT2D eigenvalue weighted by molar-refractivity contribution is 5.43. The van der Waals surface area contributed by atoms with Crippen LogP contribution in [0.3, 0.4) is 0 Å². The van der Waals surface area contributed by atoms with Gasteiger partial charge in [0.15, 0.2) is 5.65 Å². The molecule has 0 aliphatic carbocycles. The molecular formula is C17H20N6O. The number of aromatic nitrogens is 5. The van der Waals surface area contributed by atoms with Crippen LogP contribution in [-0.4, -0.2) is 44.3 Å². The fourth-order valence-electron chi connectivity index (χ4n) is 3.26. The normalized spacial score (nSPS) is 18.0. The minimum Gasteiger partial charge on any atom is -0.478 e. The van der Waals surface area contributed by atoms with Crippen molar-refractivity contribution >= 4 is 11.5 Å². The zero-order valence-electron chi connectivity index (χ0n) is 13.7. The molecule has 0 N–H and O–H groups in total. The van der Waals surface area contributed by atoms with E-state index in [2.05, 4.69) is 29.5 Å². The number of piperidine rings is 1. The number of ether oxygens (including phenoxy) is 1. The third-order valence-corrected chi connectivity index (χ3v) is 4.37. The number of rotatable bonds is 4. The summed E-state index contributed by atoms with van der Waals surface area (Å²) in [7, 11) is 0. The first kappa shape index (κ1) is 14.9. The minimum absolute atomic E-state index is 0.335. The van der Waals surface area contributed by atoms with Gasteiger partial charge >= 0.3 is 0 Å². The standard InChI is InChI=1S/C17H20N6O/c1-2-24-16-10-15(18-12-19-16)22-8-5-6-13(11-22)17-21-20-14-7-3-4-9-23(14)17/h3-4,7,9-10,12-13H,2,5-6,8,11H2,1H3. The summed E-state index contributed by atoms with van der Waals surface area (Å²) in [6, 6.07) is 7.89. The minimum atomic E-state index is 0.335. The summed E-state index contributed by atoms with van der Waals surface area (Å²) < 4.78 is 7.57. The topological polar surface area (TPSA) is 68.4 Å². The molecule has 4 heterocycles.